The van der Waals surface area contributed by atoms with Crippen LogP contribution in [0.3, 0.4) is 0 Å². The Kier molecular flexibility index (Phi) is 2.14. The van der Waals surface area contributed by atoms with Gasteiger partial charge in [0.05, 0.1) is 0 Å². The molecule has 0 radical (unpaired) electrons. The molecule has 0 atom stereocenters. The number of nitrogens with zero attached hydrogens (tertiary/aromatic N) is 1. The van der Waals surface area contributed by atoms with Gasteiger partial charge < -0.3 is 5.11 Å². The highest BCUT2D eigenvalue weighted by Gasteiger charge is 2.03. The van der Waals surface area contributed by atoms with Crippen LogP contribution >= 0.6 is 0 Å². The Bertz CT molecular complexity index is 439. The van der Waals surface area contributed by atoms with Crippen LogP contribution in [0, 0.1) is 5.82 Å². The number of rotatable bonds is 1. The standard InChI is InChI=1S/C11H8FNO/c12-9-5-3-8(4-6-9)11-10(14)2-1-7-13-11/h1-7,14H. The van der Waals surface area contributed by atoms with E-state index in [4.69, 9.17) is 0 Å². The summed E-state index contributed by atoms with van der Waals surface area (Å²) in [6.45, 7) is 0. The van der Waals surface area contributed by atoms with E-state index in [1.807, 2.05) is 0 Å². The van der Waals surface area contributed by atoms with Crippen LogP contribution in [0.4, 0.5) is 4.39 Å². The molecule has 0 bridgehead atoms. The van der Waals surface area contributed by atoms with Gasteiger partial charge in [-0.1, -0.05) is 0 Å². The highest BCUT2D eigenvalue weighted by atomic mass is 19.1. The van der Waals surface area contributed by atoms with Crippen molar-refractivity contribution in [3.05, 3.63) is 48.4 Å². The van der Waals surface area contributed by atoms with Gasteiger partial charge in [0.25, 0.3) is 0 Å². The molecule has 0 aliphatic heterocycles. The molecule has 14 heavy (non-hydrogen) atoms. The Balaban J connectivity index is 2.50. The predicted octanol–water partition coefficient (Wildman–Crippen LogP) is 2.59. The minimum absolute atomic E-state index is 0.0964. The molecule has 0 saturated carbocycles. The number of aromatic nitrogens is 1. The lowest BCUT2D eigenvalue weighted by atomic mass is 10.1. The number of hydrogen-bond donors (Lipinski definition) is 1. The van der Waals surface area contributed by atoms with Gasteiger partial charge in [-0.05, 0) is 36.4 Å². The molecule has 0 amide bonds. The minimum Gasteiger partial charge on any atom is -0.506 e. The molecule has 1 N–H and O–H groups in total. The van der Waals surface area contributed by atoms with Gasteiger partial charge in [-0.3, -0.25) is 4.98 Å². The third kappa shape index (κ3) is 1.57. The molecule has 2 rings (SSSR count). The number of hydrogen-bond acceptors (Lipinski definition) is 2. The van der Waals surface area contributed by atoms with Gasteiger partial charge in [-0.15, -0.1) is 0 Å². The fraction of sp³-hybridized carbons (Fsp3) is 0. The zero-order valence-electron chi connectivity index (χ0n) is 7.31. The van der Waals surface area contributed by atoms with Crippen LogP contribution in [0.2, 0.25) is 0 Å². The fourth-order valence-electron chi connectivity index (χ4n) is 1.23. The molecule has 1 aromatic carbocycles. The smallest absolute Gasteiger partial charge is 0.141 e. The maximum atomic E-state index is 12.6. The zero-order valence-corrected chi connectivity index (χ0v) is 7.31. The van der Waals surface area contributed by atoms with E-state index in [1.54, 1.807) is 30.5 Å². The van der Waals surface area contributed by atoms with E-state index in [0.29, 0.717) is 11.3 Å². The maximum absolute atomic E-state index is 12.6. The SMILES string of the molecule is Oc1cccnc1-c1ccc(F)cc1. The molecule has 0 fully saturated rings. The summed E-state index contributed by atoms with van der Waals surface area (Å²) < 4.78 is 12.6. The molecule has 0 aliphatic rings. The van der Waals surface area contributed by atoms with Crippen molar-refractivity contribution in [2.75, 3.05) is 0 Å². The summed E-state index contributed by atoms with van der Waals surface area (Å²) in [5.74, 6) is -0.205. The lowest BCUT2D eigenvalue weighted by molar-refractivity contribution is 0.475. The minimum atomic E-state index is -0.302. The predicted molar refractivity (Wildman–Crippen MR) is 51.3 cm³/mol. The van der Waals surface area contributed by atoms with Crippen LogP contribution in [-0.4, -0.2) is 10.1 Å². The normalized spacial score (nSPS) is 10.1. The quantitative estimate of drug-likeness (QED) is 0.747. The second kappa shape index (κ2) is 3.46. The molecular weight excluding hydrogens is 181 g/mol. The van der Waals surface area contributed by atoms with Gasteiger partial charge in [0.2, 0.25) is 0 Å². The summed E-state index contributed by atoms with van der Waals surface area (Å²) in [5, 5.41) is 9.48. The molecule has 1 aromatic heterocycles. The summed E-state index contributed by atoms with van der Waals surface area (Å²) in [6, 6.07) is 9.02. The molecule has 2 nitrogen and oxygen atoms in total. The third-order valence-electron chi connectivity index (χ3n) is 1.90. The fourth-order valence-corrected chi connectivity index (χ4v) is 1.23. The monoisotopic (exact) mass is 189 g/mol. The summed E-state index contributed by atoms with van der Waals surface area (Å²) in [5.41, 5.74) is 1.16. The van der Waals surface area contributed by atoms with Crippen LogP contribution in [0.25, 0.3) is 11.3 Å². The van der Waals surface area contributed by atoms with Crippen molar-refractivity contribution in [1.29, 1.82) is 0 Å². The lowest BCUT2D eigenvalue weighted by Crippen LogP contribution is -1.83. The van der Waals surface area contributed by atoms with Gasteiger partial charge in [0.15, 0.2) is 0 Å². The van der Waals surface area contributed by atoms with Crippen LogP contribution in [0.1, 0.15) is 0 Å². The molecular formula is C11H8FNO. The molecule has 3 heteroatoms. The van der Waals surface area contributed by atoms with Crippen molar-refractivity contribution < 1.29 is 9.50 Å². The molecule has 70 valence electrons. The van der Waals surface area contributed by atoms with E-state index >= 15 is 0 Å². The Morgan fingerprint density at radius 3 is 2.43 bits per heavy atom. The number of halogens is 1. The first-order valence-corrected chi connectivity index (χ1v) is 4.17. The van der Waals surface area contributed by atoms with Gasteiger partial charge in [0, 0.05) is 11.8 Å². The zero-order chi connectivity index (χ0) is 9.97. The van der Waals surface area contributed by atoms with Crippen molar-refractivity contribution in [1.82, 2.24) is 4.98 Å². The Morgan fingerprint density at radius 1 is 1.07 bits per heavy atom. The average Bonchev–Trinajstić information content (AvgIpc) is 2.20. The average molecular weight is 189 g/mol. The lowest BCUT2D eigenvalue weighted by Gasteiger charge is -2.02. The Morgan fingerprint density at radius 2 is 1.79 bits per heavy atom. The van der Waals surface area contributed by atoms with E-state index in [9.17, 15) is 9.50 Å². The van der Waals surface area contributed by atoms with Crippen LogP contribution < -0.4 is 0 Å². The third-order valence-corrected chi connectivity index (χ3v) is 1.90. The largest absolute Gasteiger partial charge is 0.506 e. The first-order chi connectivity index (χ1) is 6.77. The first kappa shape index (κ1) is 8.69. The summed E-state index contributed by atoms with van der Waals surface area (Å²) >= 11 is 0. The van der Waals surface area contributed by atoms with Crippen LogP contribution in [0.15, 0.2) is 42.6 Å². The van der Waals surface area contributed by atoms with E-state index in [0.717, 1.165) is 0 Å². The molecule has 0 aliphatic carbocycles. The number of pyridine rings is 1. The van der Waals surface area contributed by atoms with Gasteiger partial charge >= 0.3 is 0 Å². The topological polar surface area (TPSA) is 33.1 Å². The summed E-state index contributed by atoms with van der Waals surface area (Å²) in [4.78, 5) is 4.01. The first-order valence-electron chi connectivity index (χ1n) is 4.17. The van der Waals surface area contributed by atoms with E-state index < -0.39 is 0 Å². The Labute approximate surface area is 80.7 Å². The molecule has 0 saturated heterocycles. The van der Waals surface area contributed by atoms with E-state index in [2.05, 4.69) is 4.98 Å². The molecule has 0 spiro atoms. The highest BCUT2D eigenvalue weighted by molar-refractivity contribution is 5.65. The van der Waals surface area contributed by atoms with Crippen molar-refractivity contribution in [3.63, 3.8) is 0 Å². The van der Waals surface area contributed by atoms with Crippen molar-refractivity contribution in [2.45, 2.75) is 0 Å². The summed E-state index contributed by atoms with van der Waals surface area (Å²) in [7, 11) is 0. The highest BCUT2D eigenvalue weighted by Crippen LogP contribution is 2.25. The molecule has 2 aromatic rings. The van der Waals surface area contributed by atoms with Gasteiger partial charge in [-0.2, -0.15) is 0 Å². The van der Waals surface area contributed by atoms with Crippen LogP contribution in [-0.2, 0) is 0 Å². The van der Waals surface area contributed by atoms with Gasteiger partial charge in [-0.25, -0.2) is 4.39 Å². The molecule has 1 heterocycles. The number of benzene rings is 1. The van der Waals surface area contributed by atoms with Gasteiger partial charge in [0.1, 0.15) is 17.3 Å². The summed E-state index contributed by atoms with van der Waals surface area (Å²) in [6.07, 6.45) is 1.58. The van der Waals surface area contributed by atoms with E-state index in [1.165, 1.54) is 12.1 Å². The second-order valence-corrected chi connectivity index (χ2v) is 2.88. The second-order valence-electron chi connectivity index (χ2n) is 2.88. The maximum Gasteiger partial charge on any atom is 0.141 e. The molecule has 0 unspecified atom stereocenters. The Hall–Kier alpha value is -1.90. The van der Waals surface area contributed by atoms with E-state index in [-0.39, 0.29) is 11.6 Å². The van der Waals surface area contributed by atoms with Crippen molar-refractivity contribution in [2.24, 2.45) is 0 Å². The van der Waals surface area contributed by atoms with Crippen LogP contribution in [0.5, 0.6) is 5.75 Å². The van der Waals surface area contributed by atoms with Crippen molar-refractivity contribution in [3.8, 4) is 17.0 Å². The van der Waals surface area contributed by atoms with Crippen molar-refractivity contribution >= 4 is 0 Å². The number of aromatic hydroxyl groups is 1.